The predicted molar refractivity (Wildman–Crippen MR) is 72.9 cm³/mol. The van der Waals surface area contributed by atoms with Crippen LogP contribution in [0.25, 0.3) is 0 Å². The van der Waals surface area contributed by atoms with Crippen molar-refractivity contribution in [1.29, 1.82) is 0 Å². The van der Waals surface area contributed by atoms with E-state index in [9.17, 15) is 9.18 Å². The molecule has 20 heavy (non-hydrogen) atoms. The largest absolute Gasteiger partial charge is 0.490 e. The zero-order chi connectivity index (χ0) is 14.4. The van der Waals surface area contributed by atoms with Gasteiger partial charge in [-0.3, -0.25) is 9.78 Å². The third kappa shape index (κ3) is 3.44. The number of aromatic nitrogens is 1. The fourth-order valence-corrected chi connectivity index (χ4v) is 1.59. The molecule has 0 radical (unpaired) electrons. The van der Waals surface area contributed by atoms with Crippen LogP contribution in [0.5, 0.6) is 5.75 Å². The van der Waals surface area contributed by atoms with E-state index >= 15 is 0 Å². The summed E-state index contributed by atoms with van der Waals surface area (Å²) in [6.45, 7) is 0.488. The number of nitrogens with one attached hydrogen (secondary N) is 1. The van der Waals surface area contributed by atoms with Crippen molar-refractivity contribution in [3.05, 3.63) is 54.1 Å². The van der Waals surface area contributed by atoms with Gasteiger partial charge in [0.2, 0.25) is 0 Å². The highest BCUT2D eigenvalue weighted by Crippen LogP contribution is 2.19. The minimum absolute atomic E-state index is 0.0424. The van der Waals surface area contributed by atoms with Gasteiger partial charge < -0.3 is 15.8 Å². The second-order valence-electron chi connectivity index (χ2n) is 4.00. The molecule has 0 aliphatic carbocycles. The van der Waals surface area contributed by atoms with Gasteiger partial charge in [-0.25, -0.2) is 4.39 Å². The van der Waals surface area contributed by atoms with Gasteiger partial charge in [-0.05, 0) is 18.2 Å². The molecule has 1 aromatic carbocycles. The van der Waals surface area contributed by atoms with Gasteiger partial charge in [-0.1, -0.05) is 12.1 Å². The summed E-state index contributed by atoms with van der Waals surface area (Å²) in [5.74, 6) is -0.607. The van der Waals surface area contributed by atoms with Gasteiger partial charge in [0.1, 0.15) is 12.4 Å². The maximum absolute atomic E-state index is 13.3. The average molecular weight is 275 g/mol. The fourth-order valence-electron chi connectivity index (χ4n) is 1.59. The van der Waals surface area contributed by atoms with E-state index in [-0.39, 0.29) is 18.7 Å². The van der Waals surface area contributed by atoms with Crippen LogP contribution in [-0.2, 0) is 0 Å². The number of nitrogens with zero attached hydrogens (tertiary/aromatic N) is 1. The van der Waals surface area contributed by atoms with E-state index in [2.05, 4.69) is 10.3 Å². The fraction of sp³-hybridized carbons (Fsp3) is 0.143. The Hall–Kier alpha value is -2.63. The van der Waals surface area contributed by atoms with E-state index in [0.29, 0.717) is 11.4 Å². The number of carbonyl (C=O) groups excluding carboxylic acids is 1. The Bertz CT molecular complexity index is 604. The maximum atomic E-state index is 13.3. The Kier molecular flexibility index (Phi) is 4.49. The van der Waals surface area contributed by atoms with Crippen molar-refractivity contribution in [2.45, 2.75) is 0 Å². The minimum Gasteiger partial charge on any atom is -0.490 e. The summed E-state index contributed by atoms with van der Waals surface area (Å²) in [7, 11) is 0. The topological polar surface area (TPSA) is 77.2 Å². The van der Waals surface area contributed by atoms with Crippen LogP contribution in [0.4, 0.5) is 10.1 Å². The summed E-state index contributed by atoms with van der Waals surface area (Å²) in [5, 5.41) is 2.56. The molecule has 0 unspecified atom stereocenters. The summed E-state index contributed by atoms with van der Waals surface area (Å²) in [5.41, 5.74) is 6.19. The van der Waals surface area contributed by atoms with E-state index in [1.807, 2.05) is 0 Å². The van der Waals surface area contributed by atoms with Crippen molar-refractivity contribution in [1.82, 2.24) is 10.3 Å². The molecule has 5 nitrogen and oxygen atoms in total. The second kappa shape index (κ2) is 6.51. The number of ether oxygens (including phenoxy) is 1. The summed E-state index contributed by atoms with van der Waals surface area (Å²) < 4.78 is 18.7. The number of hydrogen-bond acceptors (Lipinski definition) is 4. The summed E-state index contributed by atoms with van der Waals surface area (Å²) in [6.07, 6.45) is 2.36. The van der Waals surface area contributed by atoms with Gasteiger partial charge in [0, 0.05) is 6.20 Å². The highest BCUT2D eigenvalue weighted by atomic mass is 19.1. The molecule has 1 heterocycles. The van der Waals surface area contributed by atoms with Gasteiger partial charge in [0.25, 0.3) is 5.91 Å². The minimum atomic E-state index is -0.654. The SMILES string of the molecule is Nc1ccccc1OCCNC(=O)c1ccncc1F. The summed E-state index contributed by atoms with van der Waals surface area (Å²) in [4.78, 5) is 15.3. The Labute approximate surface area is 115 Å². The number of rotatable bonds is 5. The predicted octanol–water partition coefficient (Wildman–Crippen LogP) is 1.61. The number of halogens is 1. The highest BCUT2D eigenvalue weighted by Gasteiger charge is 2.10. The van der Waals surface area contributed by atoms with Crippen LogP contribution in [0, 0.1) is 5.82 Å². The lowest BCUT2D eigenvalue weighted by Crippen LogP contribution is -2.28. The number of hydrogen-bond donors (Lipinski definition) is 2. The Morgan fingerprint density at radius 1 is 1.35 bits per heavy atom. The van der Waals surface area contributed by atoms with Gasteiger partial charge in [-0.15, -0.1) is 0 Å². The molecule has 0 saturated heterocycles. The molecule has 1 amide bonds. The standard InChI is InChI=1S/C14H14FN3O2/c15-11-9-17-6-5-10(11)14(19)18-7-8-20-13-4-2-1-3-12(13)16/h1-6,9H,7-8,16H2,(H,18,19). The second-order valence-corrected chi connectivity index (χ2v) is 4.00. The monoisotopic (exact) mass is 275 g/mol. The molecule has 0 fully saturated rings. The Balaban J connectivity index is 1.81. The van der Waals surface area contributed by atoms with Crippen molar-refractivity contribution in [3.8, 4) is 5.75 Å². The van der Waals surface area contributed by atoms with Crippen molar-refractivity contribution in [2.75, 3.05) is 18.9 Å². The number of para-hydroxylation sites is 2. The molecule has 104 valence electrons. The third-order valence-electron chi connectivity index (χ3n) is 2.58. The molecule has 2 aromatic rings. The lowest BCUT2D eigenvalue weighted by atomic mass is 10.2. The summed E-state index contributed by atoms with van der Waals surface area (Å²) in [6, 6.07) is 8.38. The summed E-state index contributed by atoms with van der Waals surface area (Å²) >= 11 is 0. The Morgan fingerprint density at radius 3 is 2.90 bits per heavy atom. The molecule has 0 aliphatic heterocycles. The molecule has 2 rings (SSSR count). The number of nitrogen functional groups attached to an aromatic ring is 1. The zero-order valence-corrected chi connectivity index (χ0v) is 10.7. The molecule has 0 spiro atoms. The van der Waals surface area contributed by atoms with Crippen LogP contribution in [0.15, 0.2) is 42.7 Å². The molecule has 3 N–H and O–H groups in total. The molecule has 0 bridgehead atoms. The smallest absolute Gasteiger partial charge is 0.254 e. The first kappa shape index (κ1) is 13.8. The third-order valence-corrected chi connectivity index (χ3v) is 2.58. The van der Waals surface area contributed by atoms with E-state index in [1.165, 1.54) is 12.3 Å². The molecular weight excluding hydrogens is 261 g/mol. The van der Waals surface area contributed by atoms with Gasteiger partial charge in [0.15, 0.2) is 5.82 Å². The van der Waals surface area contributed by atoms with Crippen molar-refractivity contribution >= 4 is 11.6 Å². The van der Waals surface area contributed by atoms with Crippen molar-refractivity contribution in [3.63, 3.8) is 0 Å². The number of pyridine rings is 1. The Morgan fingerprint density at radius 2 is 2.15 bits per heavy atom. The molecular formula is C14H14FN3O2. The zero-order valence-electron chi connectivity index (χ0n) is 10.7. The molecule has 0 atom stereocenters. The van der Waals surface area contributed by atoms with Crippen LogP contribution in [0.1, 0.15) is 10.4 Å². The lowest BCUT2D eigenvalue weighted by molar-refractivity contribution is 0.0943. The first-order chi connectivity index (χ1) is 9.68. The number of anilines is 1. The number of benzene rings is 1. The quantitative estimate of drug-likeness (QED) is 0.642. The van der Waals surface area contributed by atoms with Crippen LogP contribution >= 0.6 is 0 Å². The number of amides is 1. The first-order valence-electron chi connectivity index (χ1n) is 6.03. The maximum Gasteiger partial charge on any atom is 0.254 e. The van der Waals surface area contributed by atoms with E-state index in [0.717, 1.165) is 6.20 Å². The lowest BCUT2D eigenvalue weighted by Gasteiger charge is -2.09. The molecule has 0 aliphatic rings. The van der Waals surface area contributed by atoms with Crippen molar-refractivity contribution in [2.24, 2.45) is 0 Å². The number of nitrogens with two attached hydrogens (primary N) is 1. The van der Waals surface area contributed by atoms with Crippen molar-refractivity contribution < 1.29 is 13.9 Å². The average Bonchev–Trinajstić information content (AvgIpc) is 2.45. The molecule has 1 aromatic heterocycles. The van der Waals surface area contributed by atoms with Gasteiger partial charge in [-0.2, -0.15) is 0 Å². The first-order valence-corrected chi connectivity index (χ1v) is 6.03. The molecule has 6 heteroatoms. The van der Waals surface area contributed by atoms with E-state index in [1.54, 1.807) is 24.3 Å². The van der Waals surface area contributed by atoms with Gasteiger partial charge in [0.05, 0.1) is 24.0 Å². The van der Waals surface area contributed by atoms with E-state index < -0.39 is 11.7 Å². The van der Waals surface area contributed by atoms with Crippen LogP contribution in [-0.4, -0.2) is 24.0 Å². The molecule has 0 saturated carbocycles. The van der Waals surface area contributed by atoms with Crippen LogP contribution in [0.3, 0.4) is 0 Å². The van der Waals surface area contributed by atoms with Gasteiger partial charge >= 0.3 is 0 Å². The highest BCUT2D eigenvalue weighted by molar-refractivity contribution is 5.94. The number of carbonyl (C=O) groups is 1. The van der Waals surface area contributed by atoms with E-state index in [4.69, 9.17) is 10.5 Å². The van der Waals surface area contributed by atoms with Crippen LogP contribution in [0.2, 0.25) is 0 Å². The van der Waals surface area contributed by atoms with Crippen LogP contribution < -0.4 is 15.8 Å². The normalized spacial score (nSPS) is 10.1.